The first-order chi connectivity index (χ1) is 17.8. The number of amides is 2. The number of benzene rings is 2. The van der Waals surface area contributed by atoms with E-state index in [0.29, 0.717) is 0 Å². The minimum Gasteiger partial charge on any atom is -0.465 e. The van der Waals surface area contributed by atoms with Crippen LogP contribution in [0.3, 0.4) is 0 Å². The SMILES string of the molecule is CCOC(=O)CN1C(=O)[C@](Cc2ccccc2)(NC(=O)OCc2ccccc2)C/C1=C(\Br)C(=O)OCC. The zero-order valence-corrected chi connectivity index (χ0v) is 22.3. The topological polar surface area (TPSA) is 111 Å². The Balaban J connectivity index is 1.97. The summed E-state index contributed by atoms with van der Waals surface area (Å²) in [7, 11) is 0. The number of hydrogen-bond donors (Lipinski definition) is 1. The van der Waals surface area contributed by atoms with Crippen LogP contribution in [0.2, 0.25) is 0 Å². The van der Waals surface area contributed by atoms with Crippen LogP contribution in [0.1, 0.15) is 31.4 Å². The number of rotatable bonds is 10. The fourth-order valence-electron chi connectivity index (χ4n) is 4.03. The van der Waals surface area contributed by atoms with Crippen LogP contribution in [0.4, 0.5) is 4.79 Å². The summed E-state index contributed by atoms with van der Waals surface area (Å²) >= 11 is 3.25. The molecule has 0 radical (unpaired) electrons. The number of hydrogen-bond acceptors (Lipinski definition) is 7. The average Bonchev–Trinajstić information content (AvgIpc) is 3.14. The maximum atomic E-state index is 13.9. The molecule has 1 atom stereocenters. The first-order valence-electron chi connectivity index (χ1n) is 11.9. The van der Waals surface area contributed by atoms with Gasteiger partial charge in [0.15, 0.2) is 0 Å². The number of carbonyl (C=O) groups excluding carboxylic acids is 4. The van der Waals surface area contributed by atoms with Gasteiger partial charge in [0.2, 0.25) is 0 Å². The number of halogens is 1. The van der Waals surface area contributed by atoms with Crippen LogP contribution < -0.4 is 5.32 Å². The fourth-order valence-corrected chi connectivity index (χ4v) is 4.50. The van der Waals surface area contributed by atoms with Crippen molar-refractivity contribution >= 4 is 39.9 Å². The van der Waals surface area contributed by atoms with Crippen LogP contribution in [0.15, 0.2) is 70.8 Å². The number of alkyl carbamates (subject to hydrolysis) is 1. The van der Waals surface area contributed by atoms with E-state index in [2.05, 4.69) is 21.2 Å². The number of likely N-dealkylation sites (tertiary alicyclic amines) is 1. The van der Waals surface area contributed by atoms with E-state index < -0.39 is 36.0 Å². The Bertz CT molecular complexity index is 1150. The Labute approximate surface area is 223 Å². The van der Waals surface area contributed by atoms with E-state index in [4.69, 9.17) is 14.2 Å². The molecule has 1 heterocycles. The molecular weight excluding hydrogens is 544 g/mol. The number of ether oxygens (including phenoxy) is 3. The number of esters is 2. The van der Waals surface area contributed by atoms with E-state index in [1.54, 1.807) is 13.8 Å². The van der Waals surface area contributed by atoms with E-state index in [-0.39, 0.29) is 42.8 Å². The second kappa shape index (κ2) is 13.0. The van der Waals surface area contributed by atoms with Crippen LogP contribution in [-0.4, -0.2) is 54.1 Å². The summed E-state index contributed by atoms with van der Waals surface area (Å²) in [4.78, 5) is 52.9. The quantitative estimate of drug-likeness (QED) is 0.261. The predicted octanol–water partition coefficient (Wildman–Crippen LogP) is 3.86. The maximum absolute atomic E-state index is 13.9. The lowest BCUT2D eigenvalue weighted by Gasteiger charge is -2.28. The second-order valence-electron chi connectivity index (χ2n) is 8.29. The molecule has 1 N–H and O–H groups in total. The van der Waals surface area contributed by atoms with E-state index in [0.717, 1.165) is 16.0 Å². The van der Waals surface area contributed by atoms with Crippen molar-refractivity contribution in [3.8, 4) is 0 Å². The molecule has 0 unspecified atom stereocenters. The van der Waals surface area contributed by atoms with Crippen LogP contribution in [0, 0.1) is 0 Å². The highest BCUT2D eigenvalue weighted by Crippen LogP contribution is 2.38. The van der Waals surface area contributed by atoms with Crippen molar-refractivity contribution in [1.29, 1.82) is 0 Å². The molecule has 0 aliphatic carbocycles. The largest absolute Gasteiger partial charge is 0.465 e. The minimum atomic E-state index is -1.53. The van der Waals surface area contributed by atoms with Crippen molar-refractivity contribution in [2.75, 3.05) is 19.8 Å². The van der Waals surface area contributed by atoms with Gasteiger partial charge in [-0.25, -0.2) is 9.59 Å². The molecule has 196 valence electrons. The van der Waals surface area contributed by atoms with Gasteiger partial charge in [-0.15, -0.1) is 0 Å². The van der Waals surface area contributed by atoms with E-state index in [9.17, 15) is 19.2 Å². The molecule has 10 heteroatoms. The van der Waals surface area contributed by atoms with Gasteiger partial charge in [-0.05, 0) is 40.9 Å². The van der Waals surface area contributed by atoms with Crippen LogP contribution in [0.5, 0.6) is 0 Å². The molecule has 1 saturated heterocycles. The van der Waals surface area contributed by atoms with Gasteiger partial charge in [0.25, 0.3) is 5.91 Å². The lowest BCUT2D eigenvalue weighted by molar-refractivity contribution is -0.148. The summed E-state index contributed by atoms with van der Waals surface area (Å²) in [6.07, 6.45) is -0.795. The summed E-state index contributed by atoms with van der Waals surface area (Å²) in [5, 5.41) is 2.74. The third-order valence-corrected chi connectivity index (χ3v) is 6.43. The molecule has 0 spiro atoms. The molecule has 2 aromatic rings. The zero-order valence-electron chi connectivity index (χ0n) is 20.7. The molecule has 0 bridgehead atoms. The van der Waals surface area contributed by atoms with Gasteiger partial charge in [0, 0.05) is 18.5 Å². The molecule has 37 heavy (non-hydrogen) atoms. The molecule has 9 nitrogen and oxygen atoms in total. The van der Waals surface area contributed by atoms with Gasteiger partial charge in [-0.3, -0.25) is 9.59 Å². The molecule has 2 aromatic carbocycles. The number of nitrogens with zero attached hydrogens (tertiary/aromatic N) is 1. The molecule has 1 aliphatic rings. The van der Waals surface area contributed by atoms with E-state index >= 15 is 0 Å². The summed E-state index contributed by atoms with van der Waals surface area (Å²) in [5.74, 6) is -1.92. The van der Waals surface area contributed by atoms with Crippen molar-refractivity contribution in [3.05, 3.63) is 82.0 Å². The lowest BCUT2D eigenvalue weighted by Crippen LogP contribution is -2.56. The van der Waals surface area contributed by atoms with Crippen molar-refractivity contribution in [3.63, 3.8) is 0 Å². The number of carbonyl (C=O) groups is 4. The Kier molecular flexibility index (Phi) is 9.85. The number of nitrogens with one attached hydrogen (secondary N) is 1. The molecule has 2 amide bonds. The highest BCUT2D eigenvalue weighted by molar-refractivity contribution is 9.12. The van der Waals surface area contributed by atoms with Crippen molar-refractivity contribution in [2.24, 2.45) is 0 Å². The van der Waals surface area contributed by atoms with Gasteiger partial charge in [-0.2, -0.15) is 0 Å². The highest BCUT2D eigenvalue weighted by Gasteiger charge is 2.52. The second-order valence-corrected chi connectivity index (χ2v) is 9.08. The Hall–Kier alpha value is -3.66. The lowest BCUT2D eigenvalue weighted by atomic mass is 9.88. The molecule has 3 rings (SSSR count). The van der Waals surface area contributed by atoms with Crippen LogP contribution in [-0.2, 0) is 41.6 Å². The first-order valence-corrected chi connectivity index (χ1v) is 12.6. The zero-order chi connectivity index (χ0) is 26.8. The highest BCUT2D eigenvalue weighted by atomic mass is 79.9. The van der Waals surface area contributed by atoms with Gasteiger partial charge < -0.3 is 24.4 Å². The molecule has 1 fully saturated rings. The Morgan fingerprint density at radius 1 is 0.919 bits per heavy atom. The minimum absolute atomic E-state index is 0.00401. The molecule has 0 saturated carbocycles. The maximum Gasteiger partial charge on any atom is 0.408 e. The van der Waals surface area contributed by atoms with Gasteiger partial charge >= 0.3 is 18.0 Å². The van der Waals surface area contributed by atoms with E-state index in [1.807, 2.05) is 60.7 Å². The third-order valence-electron chi connectivity index (χ3n) is 5.65. The first kappa shape index (κ1) is 27.9. The van der Waals surface area contributed by atoms with Gasteiger partial charge in [0.05, 0.1) is 13.2 Å². The monoisotopic (exact) mass is 572 g/mol. The normalized spacial score (nSPS) is 18.2. The molecule has 1 aliphatic heterocycles. The van der Waals surface area contributed by atoms with Crippen molar-refractivity contribution in [1.82, 2.24) is 10.2 Å². The molecule has 0 aromatic heterocycles. The fraction of sp³-hybridized carbons (Fsp3) is 0.333. The summed E-state index contributed by atoms with van der Waals surface area (Å²) < 4.78 is 15.5. The smallest absolute Gasteiger partial charge is 0.408 e. The van der Waals surface area contributed by atoms with Gasteiger partial charge in [0.1, 0.15) is 23.2 Å². The summed E-state index contributed by atoms with van der Waals surface area (Å²) in [5.41, 5.74) is 0.226. The van der Waals surface area contributed by atoms with Gasteiger partial charge in [-0.1, -0.05) is 60.7 Å². The average molecular weight is 573 g/mol. The van der Waals surface area contributed by atoms with Crippen LogP contribution >= 0.6 is 15.9 Å². The standard InChI is InChI=1S/C27H29BrN2O7/c1-3-35-22(31)17-30-21(23(28)24(32)36-4-2)16-27(25(30)33,15-19-11-7-5-8-12-19)29-26(34)37-18-20-13-9-6-10-14-20/h5-14H,3-4,15-18H2,1-2H3,(H,29,34)/b23-21+/t27-/m1/s1. The van der Waals surface area contributed by atoms with Crippen LogP contribution in [0.25, 0.3) is 0 Å². The Morgan fingerprint density at radius 3 is 2.11 bits per heavy atom. The summed E-state index contributed by atoms with van der Waals surface area (Å²) in [6, 6.07) is 18.2. The van der Waals surface area contributed by atoms with E-state index in [1.165, 1.54) is 0 Å². The Morgan fingerprint density at radius 2 is 1.51 bits per heavy atom. The molecular formula is C27H29BrN2O7. The van der Waals surface area contributed by atoms with Crippen molar-refractivity contribution in [2.45, 2.75) is 38.8 Å². The van der Waals surface area contributed by atoms with Crippen molar-refractivity contribution < 1.29 is 33.4 Å². The third kappa shape index (κ3) is 7.19. The predicted molar refractivity (Wildman–Crippen MR) is 138 cm³/mol. The summed E-state index contributed by atoms with van der Waals surface area (Å²) in [6.45, 7) is 3.12.